The summed E-state index contributed by atoms with van der Waals surface area (Å²) in [5.41, 5.74) is 0. The van der Waals surface area contributed by atoms with Crippen LogP contribution in [0.25, 0.3) is 0 Å². The minimum atomic E-state index is -0.689. The van der Waals surface area contributed by atoms with Crippen LogP contribution >= 0.6 is 0 Å². The van der Waals surface area contributed by atoms with E-state index in [4.69, 9.17) is 9.72 Å². The zero-order valence-electron chi connectivity index (χ0n) is 17.1. The van der Waals surface area contributed by atoms with Crippen LogP contribution in [-0.2, 0) is 4.74 Å². The summed E-state index contributed by atoms with van der Waals surface area (Å²) in [6.45, 7) is 10.5. The first kappa shape index (κ1) is 19.7. The van der Waals surface area contributed by atoms with E-state index in [1.54, 1.807) is 19.4 Å². The molecule has 0 saturated carbocycles. The molecule has 156 valence electrons. The van der Waals surface area contributed by atoms with Gasteiger partial charge < -0.3 is 24.5 Å². The zero-order chi connectivity index (χ0) is 20.4. The lowest BCUT2D eigenvalue weighted by atomic mass is 10.1. The maximum Gasteiger partial charge on any atom is 0.230 e. The monoisotopic (exact) mass is 400 g/mol. The maximum atomic E-state index is 9.82. The van der Waals surface area contributed by atoms with Gasteiger partial charge in [0.2, 0.25) is 11.9 Å². The molecular formula is C19H28N8O2. The van der Waals surface area contributed by atoms with Crippen molar-refractivity contribution in [1.82, 2.24) is 24.9 Å². The van der Waals surface area contributed by atoms with Crippen LogP contribution in [0.1, 0.15) is 32.7 Å². The molecule has 2 fully saturated rings. The number of piperazine rings is 1. The SMILES string of the molecule is CC(O)c1nccc(N2C(C)CN(c3ncnc(N4CCOCC4)n3)CC2C)n1. The van der Waals surface area contributed by atoms with Crippen molar-refractivity contribution in [3.05, 3.63) is 24.4 Å². The number of aliphatic hydroxyl groups excluding tert-OH is 1. The molecule has 2 saturated heterocycles. The maximum absolute atomic E-state index is 9.82. The van der Waals surface area contributed by atoms with Crippen LogP contribution in [0.2, 0.25) is 0 Å². The van der Waals surface area contributed by atoms with Crippen molar-refractivity contribution in [2.24, 2.45) is 0 Å². The fourth-order valence-electron chi connectivity index (χ4n) is 3.99. The van der Waals surface area contributed by atoms with Gasteiger partial charge in [0.15, 0.2) is 5.82 Å². The molecule has 10 nitrogen and oxygen atoms in total. The average molecular weight is 400 g/mol. The van der Waals surface area contributed by atoms with Crippen LogP contribution in [0.5, 0.6) is 0 Å². The van der Waals surface area contributed by atoms with Gasteiger partial charge in [0.05, 0.1) is 13.2 Å². The van der Waals surface area contributed by atoms with Crippen LogP contribution in [0.4, 0.5) is 17.7 Å². The van der Waals surface area contributed by atoms with E-state index in [1.807, 2.05) is 6.07 Å². The molecule has 2 aromatic heterocycles. The predicted molar refractivity (Wildman–Crippen MR) is 109 cm³/mol. The predicted octanol–water partition coefficient (Wildman–Crippen LogP) is 0.655. The van der Waals surface area contributed by atoms with E-state index in [2.05, 4.69) is 48.5 Å². The molecule has 10 heteroatoms. The lowest BCUT2D eigenvalue weighted by Gasteiger charge is -2.45. The van der Waals surface area contributed by atoms with E-state index < -0.39 is 6.10 Å². The van der Waals surface area contributed by atoms with Crippen molar-refractivity contribution in [2.45, 2.75) is 39.0 Å². The fourth-order valence-corrected chi connectivity index (χ4v) is 3.99. The smallest absolute Gasteiger partial charge is 0.230 e. The van der Waals surface area contributed by atoms with Gasteiger partial charge in [0, 0.05) is 44.5 Å². The number of rotatable bonds is 4. The Hall–Kier alpha value is -2.59. The van der Waals surface area contributed by atoms with Crippen LogP contribution in [0.3, 0.4) is 0 Å². The highest BCUT2D eigenvalue weighted by Crippen LogP contribution is 2.26. The molecule has 0 aliphatic carbocycles. The Bertz CT molecular complexity index is 817. The number of morpholine rings is 1. The topological polar surface area (TPSA) is 104 Å². The third kappa shape index (κ3) is 4.23. The minimum Gasteiger partial charge on any atom is -0.385 e. The van der Waals surface area contributed by atoms with Crippen molar-refractivity contribution in [1.29, 1.82) is 0 Å². The second-order valence-electron chi connectivity index (χ2n) is 7.64. The molecule has 0 spiro atoms. The second kappa shape index (κ2) is 8.42. The molecule has 0 aromatic carbocycles. The third-order valence-electron chi connectivity index (χ3n) is 5.34. The number of aliphatic hydroxyl groups is 1. The van der Waals surface area contributed by atoms with Gasteiger partial charge in [-0.05, 0) is 26.8 Å². The quantitative estimate of drug-likeness (QED) is 0.787. The Balaban J connectivity index is 1.51. The van der Waals surface area contributed by atoms with Crippen molar-refractivity contribution < 1.29 is 9.84 Å². The summed E-state index contributed by atoms with van der Waals surface area (Å²) in [6.07, 6.45) is 2.61. The Labute approximate surface area is 170 Å². The molecule has 29 heavy (non-hydrogen) atoms. The molecule has 2 aromatic rings. The molecule has 3 atom stereocenters. The van der Waals surface area contributed by atoms with Gasteiger partial charge in [-0.25, -0.2) is 19.9 Å². The van der Waals surface area contributed by atoms with E-state index in [1.165, 1.54) is 0 Å². The number of nitrogens with zero attached hydrogens (tertiary/aromatic N) is 8. The van der Waals surface area contributed by atoms with Crippen molar-refractivity contribution in [3.63, 3.8) is 0 Å². The standard InChI is InChI=1S/C19H28N8O2/c1-13-10-26(19-22-12-21-18(24-19)25-6-8-29-9-7-25)11-14(2)27(13)16-4-5-20-17(23-16)15(3)28/h4-5,12-15,28H,6-11H2,1-3H3. The van der Waals surface area contributed by atoms with Crippen molar-refractivity contribution in [3.8, 4) is 0 Å². The Morgan fingerprint density at radius 2 is 1.66 bits per heavy atom. The third-order valence-corrected chi connectivity index (χ3v) is 5.34. The summed E-state index contributed by atoms with van der Waals surface area (Å²) in [5.74, 6) is 2.68. The highest BCUT2D eigenvalue weighted by molar-refractivity contribution is 5.46. The average Bonchev–Trinajstić information content (AvgIpc) is 2.74. The Kier molecular flexibility index (Phi) is 5.72. The molecule has 0 radical (unpaired) electrons. The van der Waals surface area contributed by atoms with E-state index in [9.17, 15) is 5.11 Å². The van der Waals surface area contributed by atoms with Crippen LogP contribution in [0, 0.1) is 0 Å². The second-order valence-corrected chi connectivity index (χ2v) is 7.64. The zero-order valence-corrected chi connectivity index (χ0v) is 17.1. The summed E-state index contributed by atoms with van der Waals surface area (Å²) in [4.78, 5) is 28.8. The normalized spacial score (nSPS) is 23.9. The molecule has 4 heterocycles. The summed E-state index contributed by atoms with van der Waals surface area (Å²) >= 11 is 0. The fraction of sp³-hybridized carbons (Fsp3) is 0.632. The highest BCUT2D eigenvalue weighted by Gasteiger charge is 2.32. The first-order valence-corrected chi connectivity index (χ1v) is 10.1. The lowest BCUT2D eigenvalue weighted by molar-refractivity contribution is 0.122. The van der Waals surface area contributed by atoms with Gasteiger partial charge in [-0.1, -0.05) is 0 Å². The number of anilines is 3. The molecule has 3 unspecified atom stereocenters. The first-order valence-electron chi connectivity index (χ1n) is 10.1. The summed E-state index contributed by atoms with van der Waals surface area (Å²) in [6, 6.07) is 2.28. The molecule has 2 aliphatic heterocycles. The molecule has 4 rings (SSSR count). The van der Waals surface area contributed by atoms with Crippen LogP contribution in [-0.4, -0.2) is 81.5 Å². The lowest BCUT2D eigenvalue weighted by Crippen LogP contribution is -2.57. The Morgan fingerprint density at radius 3 is 2.31 bits per heavy atom. The largest absolute Gasteiger partial charge is 0.385 e. The van der Waals surface area contributed by atoms with Gasteiger partial charge in [-0.2, -0.15) is 4.98 Å². The van der Waals surface area contributed by atoms with Crippen molar-refractivity contribution >= 4 is 17.7 Å². The summed E-state index contributed by atoms with van der Waals surface area (Å²) in [5, 5.41) is 9.82. The molecule has 1 N–H and O–H groups in total. The van der Waals surface area contributed by atoms with Gasteiger partial charge >= 0.3 is 0 Å². The number of aromatic nitrogens is 5. The van der Waals surface area contributed by atoms with E-state index in [0.717, 1.165) is 32.0 Å². The van der Waals surface area contributed by atoms with E-state index >= 15 is 0 Å². The van der Waals surface area contributed by atoms with Gasteiger partial charge in [-0.3, -0.25) is 0 Å². The molecule has 0 amide bonds. The molecule has 2 aliphatic rings. The minimum absolute atomic E-state index is 0.194. The molecular weight excluding hydrogens is 372 g/mol. The van der Waals surface area contributed by atoms with Gasteiger partial charge in [0.1, 0.15) is 18.2 Å². The van der Waals surface area contributed by atoms with Crippen LogP contribution < -0.4 is 14.7 Å². The van der Waals surface area contributed by atoms with E-state index in [0.29, 0.717) is 30.9 Å². The number of hydrogen-bond donors (Lipinski definition) is 1. The van der Waals surface area contributed by atoms with Gasteiger partial charge in [-0.15, -0.1) is 0 Å². The van der Waals surface area contributed by atoms with Crippen molar-refractivity contribution in [2.75, 3.05) is 54.1 Å². The summed E-state index contributed by atoms with van der Waals surface area (Å²) < 4.78 is 5.42. The molecule has 0 bridgehead atoms. The summed E-state index contributed by atoms with van der Waals surface area (Å²) in [7, 11) is 0. The highest BCUT2D eigenvalue weighted by atomic mass is 16.5. The van der Waals surface area contributed by atoms with Gasteiger partial charge in [0.25, 0.3) is 0 Å². The van der Waals surface area contributed by atoms with Crippen LogP contribution in [0.15, 0.2) is 18.6 Å². The number of ether oxygens (including phenoxy) is 1. The Morgan fingerprint density at radius 1 is 1.00 bits per heavy atom. The van der Waals surface area contributed by atoms with E-state index in [-0.39, 0.29) is 12.1 Å². The number of hydrogen-bond acceptors (Lipinski definition) is 10. The first-order chi connectivity index (χ1) is 14.0.